The highest BCUT2D eigenvalue weighted by Gasteiger charge is 2.15. The number of ether oxygens (including phenoxy) is 1. The lowest BCUT2D eigenvalue weighted by Crippen LogP contribution is -2.23. The van der Waals surface area contributed by atoms with Crippen molar-refractivity contribution < 1.29 is 9.53 Å². The lowest BCUT2D eigenvalue weighted by Gasteiger charge is -2.15. The summed E-state index contributed by atoms with van der Waals surface area (Å²) in [4.78, 5) is 11.0. The van der Waals surface area contributed by atoms with Gasteiger partial charge in [0.25, 0.3) is 0 Å². The second-order valence-corrected chi connectivity index (χ2v) is 4.72. The van der Waals surface area contributed by atoms with Crippen molar-refractivity contribution in [3.8, 4) is 5.75 Å². The predicted molar refractivity (Wildman–Crippen MR) is 77.8 cm³/mol. The molecule has 1 amide bonds. The summed E-state index contributed by atoms with van der Waals surface area (Å²) in [5, 5.41) is 6.13. The number of rotatable bonds is 4. The topological polar surface area (TPSA) is 50.4 Å². The number of nitrogens with one attached hydrogen (secondary N) is 2. The summed E-state index contributed by atoms with van der Waals surface area (Å²) in [5.41, 5.74) is 1.09. The highest BCUT2D eigenvalue weighted by molar-refractivity contribution is 5.85. The average molecular weight is 285 g/mol. The molecular formula is C14H21ClN2O2. The molecule has 19 heavy (non-hydrogen) atoms. The van der Waals surface area contributed by atoms with Gasteiger partial charge < -0.3 is 15.4 Å². The Morgan fingerprint density at radius 2 is 2.11 bits per heavy atom. The van der Waals surface area contributed by atoms with Crippen molar-refractivity contribution in [2.24, 2.45) is 0 Å². The molecule has 0 saturated carbocycles. The second kappa shape index (κ2) is 7.36. The van der Waals surface area contributed by atoms with E-state index in [1.807, 2.05) is 31.2 Å². The third-order valence-electron chi connectivity index (χ3n) is 3.12. The van der Waals surface area contributed by atoms with Crippen LogP contribution in [-0.4, -0.2) is 25.1 Å². The molecule has 2 atom stereocenters. The van der Waals surface area contributed by atoms with Crippen molar-refractivity contribution in [1.29, 1.82) is 0 Å². The van der Waals surface area contributed by atoms with E-state index in [-0.39, 0.29) is 30.5 Å². The summed E-state index contributed by atoms with van der Waals surface area (Å²) in [6.07, 6.45) is 1.34. The molecule has 1 aliphatic rings. The number of hydrogen-bond acceptors (Lipinski definition) is 3. The maximum atomic E-state index is 11.0. The molecule has 1 fully saturated rings. The van der Waals surface area contributed by atoms with Crippen LogP contribution >= 0.6 is 12.4 Å². The minimum atomic E-state index is -0.0140. The maximum Gasteiger partial charge on any atom is 0.217 e. The van der Waals surface area contributed by atoms with Crippen LogP contribution < -0.4 is 15.4 Å². The summed E-state index contributed by atoms with van der Waals surface area (Å²) in [6, 6.07) is 7.96. The van der Waals surface area contributed by atoms with E-state index in [0.29, 0.717) is 0 Å². The van der Waals surface area contributed by atoms with E-state index in [4.69, 9.17) is 4.74 Å². The molecule has 1 aliphatic heterocycles. The van der Waals surface area contributed by atoms with Gasteiger partial charge >= 0.3 is 0 Å². The van der Waals surface area contributed by atoms with Gasteiger partial charge in [0.15, 0.2) is 0 Å². The van der Waals surface area contributed by atoms with Gasteiger partial charge in [0, 0.05) is 13.5 Å². The monoisotopic (exact) mass is 284 g/mol. The Morgan fingerprint density at radius 1 is 1.42 bits per heavy atom. The summed E-state index contributed by atoms with van der Waals surface area (Å²) >= 11 is 0. The van der Waals surface area contributed by atoms with E-state index < -0.39 is 0 Å². The van der Waals surface area contributed by atoms with Gasteiger partial charge in [-0.05, 0) is 37.6 Å². The molecule has 0 aromatic heterocycles. The SMILES string of the molecule is CC(=O)N[C@@H](C)c1ccc(OC2CCNC2)cc1.Cl. The van der Waals surface area contributed by atoms with Gasteiger partial charge in [-0.25, -0.2) is 0 Å². The molecule has 0 radical (unpaired) electrons. The molecule has 1 saturated heterocycles. The smallest absolute Gasteiger partial charge is 0.217 e. The maximum absolute atomic E-state index is 11.0. The summed E-state index contributed by atoms with van der Waals surface area (Å²) in [6.45, 7) is 5.45. The van der Waals surface area contributed by atoms with Crippen molar-refractivity contribution in [1.82, 2.24) is 10.6 Å². The molecule has 4 nitrogen and oxygen atoms in total. The molecule has 1 aromatic rings. The van der Waals surface area contributed by atoms with Crippen LogP contribution in [0, 0.1) is 0 Å². The highest BCUT2D eigenvalue weighted by Crippen LogP contribution is 2.19. The zero-order valence-corrected chi connectivity index (χ0v) is 12.1. The van der Waals surface area contributed by atoms with E-state index in [0.717, 1.165) is 30.8 Å². The van der Waals surface area contributed by atoms with Gasteiger partial charge in [0.05, 0.1) is 6.04 Å². The molecule has 2 N–H and O–H groups in total. The van der Waals surface area contributed by atoms with Crippen molar-refractivity contribution in [2.75, 3.05) is 13.1 Å². The molecule has 0 spiro atoms. The van der Waals surface area contributed by atoms with E-state index in [1.165, 1.54) is 6.92 Å². The molecular weight excluding hydrogens is 264 g/mol. The van der Waals surface area contributed by atoms with Crippen molar-refractivity contribution in [3.05, 3.63) is 29.8 Å². The number of amides is 1. The zero-order chi connectivity index (χ0) is 13.0. The Hall–Kier alpha value is -1.26. The predicted octanol–water partition coefficient (Wildman–Crippen LogP) is 2.05. The number of carbonyl (C=O) groups is 1. The van der Waals surface area contributed by atoms with Crippen LogP contribution in [0.2, 0.25) is 0 Å². The fourth-order valence-corrected chi connectivity index (χ4v) is 2.14. The van der Waals surface area contributed by atoms with E-state index in [1.54, 1.807) is 0 Å². The summed E-state index contributed by atoms with van der Waals surface area (Å²) < 4.78 is 5.84. The third-order valence-corrected chi connectivity index (χ3v) is 3.12. The Labute approximate surface area is 120 Å². The fourth-order valence-electron chi connectivity index (χ4n) is 2.14. The average Bonchev–Trinajstić information content (AvgIpc) is 2.82. The Kier molecular flexibility index (Phi) is 6.12. The van der Waals surface area contributed by atoms with Crippen LogP contribution in [0.4, 0.5) is 0 Å². The standard InChI is InChI=1S/C14H20N2O2.ClH/c1-10(16-11(2)17)12-3-5-13(6-4-12)18-14-7-8-15-9-14;/h3-6,10,14-15H,7-9H2,1-2H3,(H,16,17);1H/t10-,14?;/m0./s1. The Balaban J connectivity index is 0.00000180. The summed E-state index contributed by atoms with van der Waals surface area (Å²) in [5.74, 6) is 0.877. The molecule has 2 rings (SSSR count). The molecule has 5 heteroatoms. The van der Waals surface area contributed by atoms with E-state index in [9.17, 15) is 4.79 Å². The molecule has 0 bridgehead atoms. The fraction of sp³-hybridized carbons (Fsp3) is 0.500. The minimum absolute atomic E-state index is 0. The normalized spacial score (nSPS) is 19.4. The quantitative estimate of drug-likeness (QED) is 0.890. The van der Waals surface area contributed by atoms with Gasteiger partial charge in [-0.2, -0.15) is 0 Å². The second-order valence-electron chi connectivity index (χ2n) is 4.72. The van der Waals surface area contributed by atoms with Gasteiger partial charge in [-0.3, -0.25) is 4.79 Å². The van der Waals surface area contributed by atoms with Crippen LogP contribution in [0.15, 0.2) is 24.3 Å². The van der Waals surface area contributed by atoms with Gasteiger partial charge in [-0.1, -0.05) is 12.1 Å². The lowest BCUT2D eigenvalue weighted by atomic mass is 10.1. The van der Waals surface area contributed by atoms with Crippen LogP contribution in [-0.2, 0) is 4.79 Å². The van der Waals surface area contributed by atoms with Crippen molar-refractivity contribution >= 4 is 18.3 Å². The molecule has 1 aromatic carbocycles. The van der Waals surface area contributed by atoms with Crippen LogP contribution in [0.25, 0.3) is 0 Å². The lowest BCUT2D eigenvalue weighted by molar-refractivity contribution is -0.119. The van der Waals surface area contributed by atoms with Gasteiger partial charge in [0.2, 0.25) is 5.91 Å². The molecule has 106 valence electrons. The van der Waals surface area contributed by atoms with Crippen molar-refractivity contribution in [2.45, 2.75) is 32.4 Å². The number of hydrogen-bond donors (Lipinski definition) is 2. The van der Waals surface area contributed by atoms with Crippen molar-refractivity contribution in [3.63, 3.8) is 0 Å². The number of benzene rings is 1. The number of carbonyl (C=O) groups excluding carboxylic acids is 1. The highest BCUT2D eigenvalue weighted by atomic mass is 35.5. The van der Waals surface area contributed by atoms with Crippen LogP contribution in [0.5, 0.6) is 5.75 Å². The first-order valence-corrected chi connectivity index (χ1v) is 6.39. The van der Waals surface area contributed by atoms with Gasteiger partial charge in [-0.15, -0.1) is 12.4 Å². The third kappa shape index (κ3) is 4.73. The van der Waals surface area contributed by atoms with Crippen LogP contribution in [0.1, 0.15) is 31.9 Å². The van der Waals surface area contributed by atoms with Gasteiger partial charge in [0.1, 0.15) is 11.9 Å². The van der Waals surface area contributed by atoms with E-state index >= 15 is 0 Å². The molecule has 1 heterocycles. The minimum Gasteiger partial charge on any atom is -0.489 e. The van der Waals surface area contributed by atoms with Crippen LogP contribution in [0.3, 0.4) is 0 Å². The Bertz CT molecular complexity index is 402. The van der Waals surface area contributed by atoms with E-state index in [2.05, 4.69) is 10.6 Å². The molecule has 0 aliphatic carbocycles. The first kappa shape index (κ1) is 15.8. The first-order valence-electron chi connectivity index (χ1n) is 6.39. The number of halogens is 1. The summed E-state index contributed by atoms with van der Waals surface area (Å²) in [7, 11) is 0. The largest absolute Gasteiger partial charge is 0.489 e. The zero-order valence-electron chi connectivity index (χ0n) is 11.3. The Morgan fingerprint density at radius 3 is 2.63 bits per heavy atom. The first-order chi connectivity index (χ1) is 8.65. The molecule has 1 unspecified atom stereocenters.